The summed E-state index contributed by atoms with van der Waals surface area (Å²) in [6.07, 6.45) is 0.811. The van der Waals surface area contributed by atoms with Crippen molar-refractivity contribution >= 4 is 28.9 Å². The summed E-state index contributed by atoms with van der Waals surface area (Å²) in [5.41, 5.74) is 0.659. The van der Waals surface area contributed by atoms with Crippen LogP contribution >= 0.6 is 11.3 Å². The van der Waals surface area contributed by atoms with Crippen molar-refractivity contribution in [3.05, 3.63) is 52.5 Å². The van der Waals surface area contributed by atoms with Gasteiger partial charge in [-0.3, -0.25) is 9.79 Å². The molecular weight excluding hydrogens is 377 g/mol. The van der Waals surface area contributed by atoms with E-state index in [1.165, 1.54) is 17.4 Å². The number of hydrogen-bond donors (Lipinski definition) is 2. The Hall–Kier alpha value is -2.61. The number of thiophene rings is 1. The van der Waals surface area contributed by atoms with Gasteiger partial charge >= 0.3 is 0 Å². The van der Waals surface area contributed by atoms with Gasteiger partial charge in [-0.25, -0.2) is 4.39 Å². The lowest BCUT2D eigenvalue weighted by atomic mass is 10.2. The van der Waals surface area contributed by atoms with Crippen LogP contribution in [0.4, 0.5) is 10.1 Å². The van der Waals surface area contributed by atoms with Crippen LogP contribution in [0.3, 0.4) is 0 Å². The third-order valence-electron chi connectivity index (χ3n) is 4.65. The topological polar surface area (TPSA) is 60.0 Å². The summed E-state index contributed by atoms with van der Waals surface area (Å²) in [5, 5.41) is 8.16. The van der Waals surface area contributed by atoms with E-state index in [0.717, 1.165) is 50.0 Å². The monoisotopic (exact) mass is 403 g/mol. The fourth-order valence-electron chi connectivity index (χ4n) is 3.18. The van der Waals surface area contributed by atoms with E-state index in [9.17, 15) is 9.18 Å². The average molecular weight is 404 g/mol. The molecule has 0 spiro atoms. The minimum atomic E-state index is -0.178. The van der Waals surface area contributed by atoms with Crippen molar-refractivity contribution in [2.24, 2.45) is 4.99 Å². The van der Waals surface area contributed by atoms with Gasteiger partial charge in [0.1, 0.15) is 5.82 Å². The van der Waals surface area contributed by atoms with Gasteiger partial charge in [0.2, 0.25) is 0 Å². The van der Waals surface area contributed by atoms with E-state index in [0.29, 0.717) is 12.2 Å². The zero-order valence-corrected chi connectivity index (χ0v) is 16.8. The van der Waals surface area contributed by atoms with E-state index in [1.54, 1.807) is 13.1 Å². The number of guanidine groups is 1. The second-order valence-corrected chi connectivity index (χ2v) is 7.43. The minimum Gasteiger partial charge on any atom is -0.366 e. The Morgan fingerprint density at radius 1 is 1.11 bits per heavy atom. The molecule has 6 nitrogen and oxygen atoms in total. The number of nitrogens with zero attached hydrogens (tertiary/aromatic N) is 3. The van der Waals surface area contributed by atoms with Crippen molar-refractivity contribution in [1.82, 2.24) is 15.5 Å². The van der Waals surface area contributed by atoms with E-state index >= 15 is 0 Å². The highest BCUT2D eigenvalue weighted by atomic mass is 32.1. The standard InChI is InChI=1S/C20H26FN5OS/c1-22-20(24-10-5-9-23-19(27)18-8-4-15-28-18)26-13-11-25(12-14-26)17-7-3-2-6-16(17)21/h2-4,6-8,15H,5,9-14H2,1H3,(H,22,24)(H,23,27). The van der Waals surface area contributed by atoms with Gasteiger partial charge in [-0.15, -0.1) is 11.3 Å². The summed E-state index contributed by atoms with van der Waals surface area (Å²) in [5.74, 6) is 0.643. The first kappa shape index (κ1) is 20.1. The maximum Gasteiger partial charge on any atom is 0.261 e. The Labute approximate surface area is 169 Å². The number of para-hydroxylation sites is 1. The second kappa shape index (κ2) is 10.1. The molecule has 150 valence electrons. The molecule has 2 aromatic rings. The van der Waals surface area contributed by atoms with Crippen molar-refractivity contribution in [3.63, 3.8) is 0 Å². The molecule has 0 bridgehead atoms. The molecule has 1 amide bonds. The first-order valence-corrected chi connectivity index (χ1v) is 10.3. The maximum absolute atomic E-state index is 14.0. The molecule has 2 N–H and O–H groups in total. The van der Waals surface area contributed by atoms with E-state index in [1.807, 2.05) is 29.6 Å². The zero-order valence-electron chi connectivity index (χ0n) is 16.0. The van der Waals surface area contributed by atoms with Crippen molar-refractivity contribution < 1.29 is 9.18 Å². The highest BCUT2D eigenvalue weighted by molar-refractivity contribution is 7.12. The number of carbonyl (C=O) groups excluding carboxylic acids is 1. The molecule has 1 aliphatic rings. The van der Waals surface area contributed by atoms with Gasteiger partial charge in [-0.1, -0.05) is 18.2 Å². The lowest BCUT2D eigenvalue weighted by Crippen LogP contribution is -2.53. The largest absolute Gasteiger partial charge is 0.366 e. The normalized spacial score (nSPS) is 14.9. The first-order valence-electron chi connectivity index (χ1n) is 9.46. The third kappa shape index (κ3) is 5.22. The first-order chi connectivity index (χ1) is 13.7. The Bertz CT molecular complexity index is 788. The SMILES string of the molecule is CN=C(NCCCNC(=O)c1cccs1)N1CCN(c2ccccc2F)CC1. The smallest absolute Gasteiger partial charge is 0.261 e. The molecule has 1 aromatic heterocycles. The zero-order chi connectivity index (χ0) is 19.8. The highest BCUT2D eigenvalue weighted by Crippen LogP contribution is 2.20. The van der Waals surface area contributed by atoms with Crippen LogP contribution in [0.15, 0.2) is 46.8 Å². The molecule has 2 heterocycles. The lowest BCUT2D eigenvalue weighted by molar-refractivity contribution is 0.0957. The summed E-state index contributed by atoms with van der Waals surface area (Å²) >= 11 is 1.44. The van der Waals surface area contributed by atoms with Crippen molar-refractivity contribution in [1.29, 1.82) is 0 Å². The van der Waals surface area contributed by atoms with Gasteiger partial charge in [0.15, 0.2) is 5.96 Å². The van der Waals surface area contributed by atoms with Crippen LogP contribution in [0.1, 0.15) is 16.1 Å². The maximum atomic E-state index is 14.0. The molecule has 3 rings (SSSR count). The van der Waals surface area contributed by atoms with Gasteiger partial charge in [0.25, 0.3) is 5.91 Å². The van der Waals surface area contributed by atoms with Gasteiger partial charge in [0, 0.05) is 46.3 Å². The Kier molecular flexibility index (Phi) is 7.25. The van der Waals surface area contributed by atoms with Crippen LogP contribution in [0.2, 0.25) is 0 Å². The molecule has 0 atom stereocenters. The molecule has 1 saturated heterocycles. The van der Waals surface area contributed by atoms with Gasteiger partial charge in [0.05, 0.1) is 10.6 Å². The number of piperazine rings is 1. The van der Waals surface area contributed by atoms with E-state index in [4.69, 9.17) is 0 Å². The van der Waals surface area contributed by atoms with Crippen LogP contribution < -0.4 is 15.5 Å². The molecule has 0 saturated carbocycles. The predicted octanol–water partition coefficient (Wildman–Crippen LogP) is 2.40. The Balaban J connectivity index is 1.38. The highest BCUT2D eigenvalue weighted by Gasteiger charge is 2.21. The number of aliphatic imine (C=N–C) groups is 1. The fourth-order valence-corrected chi connectivity index (χ4v) is 3.83. The number of nitrogens with one attached hydrogen (secondary N) is 2. The summed E-state index contributed by atoms with van der Waals surface area (Å²) in [4.78, 5) is 21.2. The van der Waals surface area contributed by atoms with Crippen molar-refractivity contribution in [3.8, 4) is 0 Å². The van der Waals surface area contributed by atoms with Crippen LogP contribution in [0, 0.1) is 5.82 Å². The molecule has 1 aromatic carbocycles. The van der Waals surface area contributed by atoms with Crippen LogP contribution in [0.25, 0.3) is 0 Å². The number of carbonyl (C=O) groups is 1. The summed E-state index contributed by atoms with van der Waals surface area (Å²) in [6.45, 7) is 4.40. The molecule has 1 aliphatic heterocycles. The molecule has 0 unspecified atom stereocenters. The summed E-state index contributed by atoms with van der Waals surface area (Å²) < 4.78 is 14.0. The predicted molar refractivity (Wildman–Crippen MR) is 113 cm³/mol. The molecular formula is C20H26FN5OS. The molecule has 1 fully saturated rings. The fraction of sp³-hybridized carbons (Fsp3) is 0.400. The van der Waals surface area contributed by atoms with Gasteiger partial charge in [-0.05, 0) is 30.0 Å². The molecule has 8 heteroatoms. The number of rotatable bonds is 6. The molecule has 0 aliphatic carbocycles. The summed E-state index contributed by atoms with van der Waals surface area (Å²) in [7, 11) is 1.77. The number of amides is 1. The van der Waals surface area contributed by atoms with E-state index < -0.39 is 0 Å². The number of anilines is 1. The minimum absolute atomic E-state index is 0.0244. The summed E-state index contributed by atoms with van der Waals surface area (Å²) in [6, 6.07) is 10.6. The van der Waals surface area contributed by atoms with Gasteiger partial charge < -0.3 is 20.4 Å². The van der Waals surface area contributed by atoms with Crippen LogP contribution in [-0.4, -0.2) is 63.1 Å². The average Bonchev–Trinajstić information content (AvgIpc) is 3.26. The molecule has 28 heavy (non-hydrogen) atoms. The Morgan fingerprint density at radius 3 is 2.54 bits per heavy atom. The Morgan fingerprint density at radius 2 is 1.86 bits per heavy atom. The van der Waals surface area contributed by atoms with Crippen molar-refractivity contribution in [2.75, 3.05) is 51.2 Å². The quantitative estimate of drug-likeness (QED) is 0.442. The van der Waals surface area contributed by atoms with Crippen LogP contribution in [0.5, 0.6) is 0 Å². The van der Waals surface area contributed by atoms with Gasteiger partial charge in [-0.2, -0.15) is 0 Å². The lowest BCUT2D eigenvalue weighted by Gasteiger charge is -2.37. The number of halogens is 1. The number of benzene rings is 1. The van der Waals surface area contributed by atoms with E-state index in [2.05, 4.69) is 25.4 Å². The van der Waals surface area contributed by atoms with Crippen LogP contribution in [-0.2, 0) is 0 Å². The number of hydrogen-bond acceptors (Lipinski definition) is 4. The van der Waals surface area contributed by atoms with Crippen molar-refractivity contribution in [2.45, 2.75) is 6.42 Å². The second-order valence-electron chi connectivity index (χ2n) is 6.49. The van der Waals surface area contributed by atoms with E-state index in [-0.39, 0.29) is 11.7 Å². The third-order valence-corrected chi connectivity index (χ3v) is 5.52. The molecule has 0 radical (unpaired) electrons.